The van der Waals surface area contributed by atoms with Crippen molar-refractivity contribution in [2.24, 2.45) is 0 Å². The highest BCUT2D eigenvalue weighted by Gasteiger charge is 2.28. The van der Waals surface area contributed by atoms with Crippen molar-refractivity contribution in [3.05, 3.63) is 78.6 Å². The van der Waals surface area contributed by atoms with E-state index in [2.05, 4.69) is 15.6 Å². The van der Waals surface area contributed by atoms with Gasteiger partial charge in [-0.25, -0.2) is 13.4 Å². The van der Waals surface area contributed by atoms with Crippen molar-refractivity contribution in [1.82, 2.24) is 19.2 Å². The third-order valence-electron chi connectivity index (χ3n) is 6.03. The zero-order valence-electron chi connectivity index (χ0n) is 19.2. The summed E-state index contributed by atoms with van der Waals surface area (Å²) in [6.07, 6.45) is 6.84. The second kappa shape index (κ2) is 9.93. The lowest BCUT2D eigenvalue weighted by atomic mass is 10.2. The smallest absolute Gasteiger partial charge is 0.251 e. The van der Waals surface area contributed by atoms with Gasteiger partial charge in [0.25, 0.3) is 5.91 Å². The first-order valence-corrected chi connectivity index (χ1v) is 13.0. The molecule has 35 heavy (non-hydrogen) atoms. The number of rotatable bonds is 9. The second-order valence-electron chi connectivity index (χ2n) is 8.52. The van der Waals surface area contributed by atoms with Gasteiger partial charge < -0.3 is 19.6 Å². The van der Waals surface area contributed by atoms with Crippen molar-refractivity contribution < 1.29 is 17.6 Å². The number of carbonyl (C=O) groups excluding carboxylic acids is 1. The topological polar surface area (TPSA) is 109 Å². The van der Waals surface area contributed by atoms with Crippen LogP contribution in [0.1, 0.15) is 29.0 Å². The summed E-state index contributed by atoms with van der Waals surface area (Å²) in [7, 11) is -3.70. The van der Waals surface area contributed by atoms with Crippen molar-refractivity contribution >= 4 is 32.6 Å². The van der Waals surface area contributed by atoms with E-state index in [4.69, 9.17) is 4.42 Å². The average molecular weight is 494 g/mol. The number of carbonyl (C=O) groups is 1. The first-order valence-electron chi connectivity index (χ1n) is 11.6. The summed E-state index contributed by atoms with van der Waals surface area (Å²) < 4.78 is 35.7. The first-order chi connectivity index (χ1) is 17.0. The highest BCUT2D eigenvalue weighted by atomic mass is 32.2. The zero-order chi connectivity index (χ0) is 24.3. The minimum absolute atomic E-state index is 0.105. The van der Waals surface area contributed by atoms with Crippen LogP contribution in [-0.4, -0.2) is 47.8 Å². The summed E-state index contributed by atoms with van der Waals surface area (Å²) in [6, 6.07) is 14.4. The summed E-state index contributed by atoms with van der Waals surface area (Å²) >= 11 is 0. The molecule has 5 rings (SSSR count). The van der Waals surface area contributed by atoms with E-state index in [0.717, 1.165) is 23.8 Å². The van der Waals surface area contributed by atoms with Crippen LogP contribution in [0.25, 0.3) is 11.0 Å². The molecule has 1 saturated heterocycles. The molecule has 1 aliphatic rings. The Balaban J connectivity index is 1.37. The first kappa shape index (κ1) is 23.1. The summed E-state index contributed by atoms with van der Waals surface area (Å²) in [5.74, 6) is 0.376. The molecule has 0 radical (unpaired) electrons. The Labute approximate surface area is 203 Å². The number of furan rings is 1. The number of fused-ring (bicyclic) bond motifs is 1. The number of aromatic nitrogens is 2. The molecule has 0 bridgehead atoms. The zero-order valence-corrected chi connectivity index (χ0v) is 20.0. The molecule has 0 aliphatic carbocycles. The lowest BCUT2D eigenvalue weighted by molar-refractivity contribution is 0.0952. The number of nitrogens with zero attached hydrogens (tertiary/aromatic N) is 3. The van der Waals surface area contributed by atoms with Gasteiger partial charge in [-0.2, -0.15) is 4.31 Å². The largest absolute Gasteiger partial charge is 0.459 e. The Bertz CT molecular complexity index is 1390. The van der Waals surface area contributed by atoms with Crippen molar-refractivity contribution in [2.45, 2.75) is 30.8 Å². The lowest BCUT2D eigenvalue weighted by Crippen LogP contribution is -2.29. The molecule has 10 heteroatoms. The molecule has 2 aromatic carbocycles. The van der Waals surface area contributed by atoms with Crippen LogP contribution in [0.3, 0.4) is 0 Å². The van der Waals surface area contributed by atoms with Gasteiger partial charge in [0.2, 0.25) is 10.0 Å². The van der Waals surface area contributed by atoms with Gasteiger partial charge in [0, 0.05) is 55.2 Å². The Morgan fingerprint density at radius 2 is 1.91 bits per heavy atom. The van der Waals surface area contributed by atoms with Gasteiger partial charge in [0.15, 0.2) is 0 Å². The highest BCUT2D eigenvalue weighted by Crippen LogP contribution is 2.26. The number of benzene rings is 2. The molecular weight excluding hydrogens is 466 g/mol. The van der Waals surface area contributed by atoms with Gasteiger partial charge in [0.05, 0.1) is 17.8 Å². The molecule has 182 valence electrons. The van der Waals surface area contributed by atoms with Crippen LogP contribution < -0.4 is 10.6 Å². The Kier molecular flexibility index (Phi) is 6.56. The molecule has 9 nitrogen and oxygen atoms in total. The maximum absolute atomic E-state index is 13.3. The van der Waals surface area contributed by atoms with E-state index in [1.54, 1.807) is 24.7 Å². The van der Waals surface area contributed by atoms with Gasteiger partial charge in [-0.15, -0.1) is 0 Å². The van der Waals surface area contributed by atoms with E-state index in [-0.39, 0.29) is 16.4 Å². The Hall–Kier alpha value is -3.63. The predicted molar refractivity (Wildman–Crippen MR) is 133 cm³/mol. The summed E-state index contributed by atoms with van der Waals surface area (Å²) in [6.45, 7) is 2.29. The molecule has 0 unspecified atom stereocenters. The van der Waals surface area contributed by atoms with Gasteiger partial charge in [-0.3, -0.25) is 4.79 Å². The van der Waals surface area contributed by atoms with Crippen molar-refractivity contribution in [2.75, 3.05) is 25.0 Å². The average Bonchev–Trinajstić information content (AvgIpc) is 3.64. The van der Waals surface area contributed by atoms with Crippen molar-refractivity contribution in [3.63, 3.8) is 0 Å². The van der Waals surface area contributed by atoms with Crippen LogP contribution in [0.2, 0.25) is 0 Å². The lowest BCUT2D eigenvalue weighted by Gasteiger charge is -2.17. The molecule has 3 heterocycles. The normalized spacial score (nSPS) is 14.4. The molecule has 1 fully saturated rings. The monoisotopic (exact) mass is 493 g/mol. The van der Waals surface area contributed by atoms with Crippen LogP contribution in [0, 0.1) is 0 Å². The third kappa shape index (κ3) is 5.23. The molecule has 0 atom stereocenters. The van der Waals surface area contributed by atoms with Crippen LogP contribution in [-0.2, 0) is 23.1 Å². The van der Waals surface area contributed by atoms with E-state index in [0.29, 0.717) is 44.2 Å². The van der Waals surface area contributed by atoms with Crippen LogP contribution in [0.15, 0.2) is 76.6 Å². The number of hydrogen-bond acceptors (Lipinski definition) is 6. The number of nitrogens with one attached hydrogen (secondary N) is 2. The Morgan fingerprint density at radius 3 is 2.69 bits per heavy atom. The van der Waals surface area contributed by atoms with Crippen LogP contribution in [0.4, 0.5) is 5.69 Å². The van der Waals surface area contributed by atoms with E-state index in [9.17, 15) is 13.2 Å². The van der Waals surface area contributed by atoms with Gasteiger partial charge >= 0.3 is 0 Å². The molecule has 1 aliphatic heterocycles. The van der Waals surface area contributed by atoms with E-state index >= 15 is 0 Å². The third-order valence-corrected chi connectivity index (χ3v) is 7.91. The molecular formula is C25H27N5O4S. The highest BCUT2D eigenvalue weighted by molar-refractivity contribution is 7.89. The fourth-order valence-electron chi connectivity index (χ4n) is 4.19. The fraction of sp³-hybridized carbons (Fsp3) is 0.280. The van der Waals surface area contributed by atoms with Crippen LogP contribution >= 0.6 is 0 Å². The van der Waals surface area contributed by atoms with E-state index in [1.165, 1.54) is 10.4 Å². The number of hydrogen-bond donors (Lipinski definition) is 2. The number of imidazole rings is 1. The van der Waals surface area contributed by atoms with Gasteiger partial charge in [-0.05, 0) is 43.2 Å². The standard InChI is InChI=1S/C25H27N5O4S/c31-25(27-8-12-29-11-7-26-18-29)20-13-21(16-23(15-20)35(32,33)30-9-3-4-10-30)28-17-22-14-19-5-1-2-6-24(19)34-22/h1-2,5-7,11,13-16,18,28H,3-4,8-10,12,17H2,(H,27,31). The fourth-order valence-corrected chi connectivity index (χ4v) is 5.78. The minimum Gasteiger partial charge on any atom is -0.459 e. The van der Waals surface area contributed by atoms with Crippen molar-refractivity contribution in [3.8, 4) is 0 Å². The molecule has 0 saturated carbocycles. The van der Waals surface area contributed by atoms with Crippen molar-refractivity contribution in [1.29, 1.82) is 0 Å². The number of sulfonamides is 1. The quantitative estimate of drug-likeness (QED) is 0.370. The molecule has 4 aromatic rings. The number of amides is 1. The van der Waals surface area contributed by atoms with Crippen LogP contribution in [0.5, 0.6) is 0 Å². The van der Waals surface area contributed by atoms with Gasteiger partial charge in [-0.1, -0.05) is 18.2 Å². The number of para-hydroxylation sites is 1. The van der Waals surface area contributed by atoms with E-state index < -0.39 is 10.0 Å². The Morgan fingerprint density at radius 1 is 1.09 bits per heavy atom. The summed E-state index contributed by atoms with van der Waals surface area (Å²) in [5.41, 5.74) is 1.60. The molecule has 0 spiro atoms. The second-order valence-corrected chi connectivity index (χ2v) is 10.5. The molecule has 2 aromatic heterocycles. The van der Waals surface area contributed by atoms with E-state index in [1.807, 2.05) is 41.1 Å². The molecule has 2 N–H and O–H groups in total. The minimum atomic E-state index is -3.70. The summed E-state index contributed by atoms with van der Waals surface area (Å²) in [5, 5.41) is 7.08. The van der Waals surface area contributed by atoms with Gasteiger partial charge in [0.1, 0.15) is 11.3 Å². The maximum atomic E-state index is 13.3. The predicted octanol–water partition coefficient (Wildman–Crippen LogP) is 3.46. The molecule has 1 amide bonds. The maximum Gasteiger partial charge on any atom is 0.251 e. The number of anilines is 1. The summed E-state index contributed by atoms with van der Waals surface area (Å²) in [4.78, 5) is 17.0. The SMILES string of the molecule is O=C(NCCn1ccnc1)c1cc(NCc2cc3ccccc3o2)cc(S(=O)(=O)N2CCCC2)c1.